The van der Waals surface area contributed by atoms with Crippen LogP contribution >= 0.6 is 0 Å². The Morgan fingerprint density at radius 1 is 1.05 bits per heavy atom. The molecule has 1 aliphatic heterocycles. The van der Waals surface area contributed by atoms with Gasteiger partial charge < -0.3 is 19.8 Å². The van der Waals surface area contributed by atoms with Gasteiger partial charge in [-0.3, -0.25) is 0 Å². The number of imidazole rings is 1. The summed E-state index contributed by atoms with van der Waals surface area (Å²) in [4.78, 5) is 4.52. The fourth-order valence-corrected chi connectivity index (χ4v) is 2.98. The Morgan fingerprint density at radius 2 is 1.80 bits per heavy atom. The predicted octanol–water partition coefficient (Wildman–Crippen LogP) is 2.10. The van der Waals surface area contributed by atoms with Gasteiger partial charge in [0.1, 0.15) is 13.2 Å². The van der Waals surface area contributed by atoms with E-state index in [1.807, 2.05) is 18.5 Å². The molecule has 5 nitrogen and oxygen atoms in total. The van der Waals surface area contributed by atoms with E-state index in [1.165, 1.54) is 24.2 Å². The fourth-order valence-electron chi connectivity index (χ4n) is 2.98. The lowest BCUT2D eigenvalue weighted by molar-refractivity contribution is 0.171. The molecule has 2 heterocycles. The lowest BCUT2D eigenvalue weighted by Crippen LogP contribution is -2.16. The third kappa shape index (κ3) is 1.73. The summed E-state index contributed by atoms with van der Waals surface area (Å²) in [6.45, 7) is 1.16. The van der Waals surface area contributed by atoms with Gasteiger partial charge in [0, 0.05) is 17.8 Å². The zero-order valence-corrected chi connectivity index (χ0v) is 11.3. The Bertz CT molecular complexity index is 663. The summed E-state index contributed by atoms with van der Waals surface area (Å²) in [7, 11) is 0. The van der Waals surface area contributed by atoms with E-state index in [0.29, 0.717) is 18.9 Å². The zero-order chi connectivity index (χ0) is 13.5. The minimum absolute atomic E-state index is 0.576. The Hall–Kier alpha value is -2.17. The van der Waals surface area contributed by atoms with Crippen LogP contribution in [-0.4, -0.2) is 22.8 Å². The van der Waals surface area contributed by atoms with E-state index in [1.54, 1.807) is 0 Å². The molecule has 0 spiro atoms. The molecule has 4 rings (SSSR count). The second-order valence-corrected chi connectivity index (χ2v) is 5.27. The quantitative estimate of drug-likeness (QED) is 0.807. The number of aryl methyl sites for hydroxylation is 1. The van der Waals surface area contributed by atoms with Gasteiger partial charge in [-0.1, -0.05) is 0 Å². The van der Waals surface area contributed by atoms with E-state index in [-0.39, 0.29) is 0 Å². The summed E-state index contributed by atoms with van der Waals surface area (Å²) in [6, 6.07) is 3.80. The number of anilines is 1. The van der Waals surface area contributed by atoms with Gasteiger partial charge in [0.2, 0.25) is 0 Å². The van der Waals surface area contributed by atoms with E-state index >= 15 is 0 Å². The number of rotatable bonds is 1. The molecule has 0 amide bonds. The maximum Gasteiger partial charge on any atom is 0.163 e. The van der Waals surface area contributed by atoms with E-state index in [2.05, 4.69) is 9.55 Å². The standard InChI is InChI=1S/C15H17N3O2/c16-10-7-14-15(20-6-5-19-14)8-13(10)18-9-17-11-3-1-2-4-12(11)18/h7-9H,1-6,16H2. The minimum Gasteiger partial charge on any atom is -0.486 e. The van der Waals surface area contributed by atoms with E-state index in [0.717, 1.165) is 30.0 Å². The molecule has 0 saturated carbocycles. The van der Waals surface area contributed by atoms with Crippen LogP contribution in [0.15, 0.2) is 18.5 Å². The normalized spacial score (nSPS) is 16.8. The molecule has 0 unspecified atom stereocenters. The number of benzene rings is 1. The van der Waals surface area contributed by atoms with Crippen LogP contribution in [0, 0.1) is 0 Å². The van der Waals surface area contributed by atoms with Crippen LogP contribution in [0.4, 0.5) is 5.69 Å². The number of hydrogen-bond donors (Lipinski definition) is 1. The molecule has 104 valence electrons. The number of nitrogens with two attached hydrogens (primary N) is 1. The van der Waals surface area contributed by atoms with Crippen LogP contribution in [0.5, 0.6) is 11.5 Å². The molecular weight excluding hydrogens is 254 g/mol. The van der Waals surface area contributed by atoms with Gasteiger partial charge in [0.15, 0.2) is 11.5 Å². The minimum atomic E-state index is 0.576. The lowest BCUT2D eigenvalue weighted by Gasteiger charge is -2.21. The first-order valence-electron chi connectivity index (χ1n) is 7.07. The Labute approximate surface area is 117 Å². The van der Waals surface area contributed by atoms with Gasteiger partial charge in [0.25, 0.3) is 0 Å². The number of ether oxygens (including phenoxy) is 2. The van der Waals surface area contributed by atoms with Crippen molar-refractivity contribution < 1.29 is 9.47 Å². The van der Waals surface area contributed by atoms with Crippen molar-refractivity contribution in [2.75, 3.05) is 18.9 Å². The molecule has 2 aliphatic rings. The molecule has 0 saturated heterocycles. The first-order chi connectivity index (χ1) is 9.83. The molecule has 20 heavy (non-hydrogen) atoms. The maximum absolute atomic E-state index is 6.18. The monoisotopic (exact) mass is 271 g/mol. The molecule has 2 aromatic rings. The summed E-state index contributed by atoms with van der Waals surface area (Å²) in [6.07, 6.45) is 6.43. The van der Waals surface area contributed by atoms with Crippen molar-refractivity contribution in [3.8, 4) is 17.2 Å². The summed E-state index contributed by atoms with van der Waals surface area (Å²) in [5.74, 6) is 1.49. The van der Waals surface area contributed by atoms with Gasteiger partial charge in [-0.05, 0) is 25.7 Å². The Kier molecular flexibility index (Phi) is 2.58. The molecule has 1 aromatic carbocycles. The topological polar surface area (TPSA) is 62.3 Å². The second-order valence-electron chi connectivity index (χ2n) is 5.27. The largest absolute Gasteiger partial charge is 0.486 e. The summed E-state index contributed by atoms with van der Waals surface area (Å²) >= 11 is 0. The van der Waals surface area contributed by atoms with Crippen LogP contribution in [0.3, 0.4) is 0 Å². The summed E-state index contributed by atoms with van der Waals surface area (Å²) in [5, 5.41) is 0. The summed E-state index contributed by atoms with van der Waals surface area (Å²) < 4.78 is 13.3. The van der Waals surface area contributed by atoms with Crippen molar-refractivity contribution in [3.05, 3.63) is 29.8 Å². The third-order valence-corrected chi connectivity index (χ3v) is 3.98. The number of hydrogen-bond acceptors (Lipinski definition) is 4. The zero-order valence-electron chi connectivity index (χ0n) is 11.3. The van der Waals surface area contributed by atoms with Gasteiger partial charge >= 0.3 is 0 Å². The van der Waals surface area contributed by atoms with E-state index in [4.69, 9.17) is 15.2 Å². The number of nitrogen functional groups attached to an aromatic ring is 1. The average Bonchev–Trinajstić information content (AvgIpc) is 2.90. The predicted molar refractivity (Wildman–Crippen MR) is 75.6 cm³/mol. The fraction of sp³-hybridized carbons (Fsp3) is 0.400. The highest BCUT2D eigenvalue weighted by molar-refractivity contribution is 5.66. The van der Waals surface area contributed by atoms with Crippen LogP contribution in [0.1, 0.15) is 24.2 Å². The maximum atomic E-state index is 6.18. The second kappa shape index (κ2) is 4.44. The number of fused-ring (bicyclic) bond motifs is 2. The highest BCUT2D eigenvalue weighted by Crippen LogP contribution is 2.37. The van der Waals surface area contributed by atoms with Crippen LogP contribution in [0.25, 0.3) is 5.69 Å². The SMILES string of the molecule is Nc1cc2c(cc1-n1cnc3c1CCCC3)OCCO2. The van der Waals surface area contributed by atoms with Crippen molar-refractivity contribution in [1.82, 2.24) is 9.55 Å². The molecule has 1 aromatic heterocycles. The molecule has 0 fully saturated rings. The van der Waals surface area contributed by atoms with Crippen molar-refractivity contribution in [3.63, 3.8) is 0 Å². The van der Waals surface area contributed by atoms with Crippen LogP contribution in [0.2, 0.25) is 0 Å². The van der Waals surface area contributed by atoms with Crippen LogP contribution in [-0.2, 0) is 12.8 Å². The van der Waals surface area contributed by atoms with Crippen molar-refractivity contribution in [2.24, 2.45) is 0 Å². The van der Waals surface area contributed by atoms with Gasteiger partial charge in [-0.2, -0.15) is 0 Å². The molecule has 2 N–H and O–H groups in total. The highest BCUT2D eigenvalue weighted by atomic mass is 16.6. The number of nitrogens with zero attached hydrogens (tertiary/aromatic N) is 2. The highest BCUT2D eigenvalue weighted by Gasteiger charge is 2.20. The van der Waals surface area contributed by atoms with Crippen molar-refractivity contribution >= 4 is 5.69 Å². The smallest absolute Gasteiger partial charge is 0.163 e. The first kappa shape index (κ1) is 11.6. The molecule has 0 bridgehead atoms. The first-order valence-corrected chi connectivity index (χ1v) is 7.07. The van der Waals surface area contributed by atoms with E-state index in [9.17, 15) is 0 Å². The van der Waals surface area contributed by atoms with Gasteiger partial charge in [-0.15, -0.1) is 0 Å². The van der Waals surface area contributed by atoms with E-state index < -0.39 is 0 Å². The number of aromatic nitrogens is 2. The molecule has 0 atom stereocenters. The molecule has 0 radical (unpaired) electrons. The van der Waals surface area contributed by atoms with Gasteiger partial charge in [0.05, 0.1) is 23.4 Å². The van der Waals surface area contributed by atoms with Crippen LogP contribution < -0.4 is 15.2 Å². The summed E-state index contributed by atoms with van der Waals surface area (Å²) in [5.41, 5.74) is 10.3. The molecular formula is C15H17N3O2. The van der Waals surface area contributed by atoms with Crippen molar-refractivity contribution in [1.29, 1.82) is 0 Å². The molecule has 1 aliphatic carbocycles. The third-order valence-electron chi connectivity index (χ3n) is 3.98. The Morgan fingerprint density at radius 3 is 2.65 bits per heavy atom. The van der Waals surface area contributed by atoms with Gasteiger partial charge in [-0.25, -0.2) is 4.98 Å². The lowest BCUT2D eigenvalue weighted by atomic mass is 10.0. The van der Waals surface area contributed by atoms with Crippen molar-refractivity contribution in [2.45, 2.75) is 25.7 Å². The molecule has 5 heteroatoms. The Balaban J connectivity index is 1.84. The average molecular weight is 271 g/mol.